The first-order chi connectivity index (χ1) is 11.9. The fourth-order valence-corrected chi connectivity index (χ4v) is 6.51. The minimum Gasteiger partial charge on any atom is -0.348 e. The molecule has 1 aromatic heterocycles. The van der Waals surface area contributed by atoms with Gasteiger partial charge in [-0.3, -0.25) is 15.6 Å². The summed E-state index contributed by atoms with van der Waals surface area (Å²) in [6.07, 6.45) is 2.42. The molecular formula is C16H23N5O2S2. The summed E-state index contributed by atoms with van der Waals surface area (Å²) in [5.74, 6) is 0. The molecule has 2 aliphatic heterocycles. The van der Waals surface area contributed by atoms with Crippen molar-refractivity contribution in [3.05, 3.63) is 18.2 Å². The van der Waals surface area contributed by atoms with E-state index in [2.05, 4.69) is 25.5 Å². The van der Waals surface area contributed by atoms with Crippen LogP contribution >= 0.6 is 11.3 Å². The maximum absolute atomic E-state index is 12.8. The average molecular weight is 382 g/mol. The summed E-state index contributed by atoms with van der Waals surface area (Å²) in [5.41, 5.74) is 7.50. The highest BCUT2D eigenvalue weighted by Crippen LogP contribution is 2.33. The van der Waals surface area contributed by atoms with E-state index >= 15 is 0 Å². The molecule has 7 nitrogen and oxygen atoms in total. The molecule has 4 rings (SSSR count). The van der Waals surface area contributed by atoms with Gasteiger partial charge in [0.15, 0.2) is 5.13 Å². The lowest BCUT2D eigenvalue weighted by Gasteiger charge is -2.19. The van der Waals surface area contributed by atoms with E-state index in [1.165, 1.54) is 12.8 Å². The molecule has 0 spiro atoms. The quantitative estimate of drug-likeness (QED) is 0.750. The van der Waals surface area contributed by atoms with Gasteiger partial charge < -0.3 is 4.90 Å². The number of aromatic nitrogens is 1. The van der Waals surface area contributed by atoms with Crippen LogP contribution in [-0.4, -0.2) is 43.8 Å². The fraction of sp³-hybridized carbons (Fsp3) is 0.562. The molecule has 1 aromatic carbocycles. The van der Waals surface area contributed by atoms with Gasteiger partial charge in [0.05, 0.1) is 15.9 Å². The molecule has 9 heteroatoms. The molecule has 0 amide bonds. The van der Waals surface area contributed by atoms with Crippen molar-refractivity contribution in [1.82, 2.24) is 15.8 Å². The SMILES string of the molecule is CC1NNC(C)C1S(=O)(=O)Nc1ccc2nc(N3CCCC3)sc2c1. The number of rotatable bonds is 4. The van der Waals surface area contributed by atoms with E-state index < -0.39 is 15.3 Å². The van der Waals surface area contributed by atoms with Crippen molar-refractivity contribution >= 4 is 42.4 Å². The predicted octanol–water partition coefficient (Wildman–Crippen LogP) is 1.89. The molecule has 0 aliphatic carbocycles. The summed E-state index contributed by atoms with van der Waals surface area (Å²) in [7, 11) is -3.49. The maximum atomic E-state index is 12.8. The van der Waals surface area contributed by atoms with Crippen LogP contribution in [0.5, 0.6) is 0 Å². The Kier molecular flexibility index (Phi) is 4.35. The lowest BCUT2D eigenvalue weighted by Crippen LogP contribution is -2.41. The van der Waals surface area contributed by atoms with E-state index in [9.17, 15) is 8.42 Å². The van der Waals surface area contributed by atoms with Gasteiger partial charge >= 0.3 is 0 Å². The van der Waals surface area contributed by atoms with Crippen molar-refractivity contribution in [2.24, 2.45) is 0 Å². The Morgan fingerprint density at radius 3 is 2.56 bits per heavy atom. The van der Waals surface area contributed by atoms with E-state index in [0.29, 0.717) is 5.69 Å². The van der Waals surface area contributed by atoms with Crippen molar-refractivity contribution in [3.63, 3.8) is 0 Å². The van der Waals surface area contributed by atoms with Gasteiger partial charge in [-0.1, -0.05) is 11.3 Å². The van der Waals surface area contributed by atoms with Gasteiger partial charge in [0.2, 0.25) is 10.0 Å². The van der Waals surface area contributed by atoms with Crippen molar-refractivity contribution < 1.29 is 8.42 Å². The second-order valence-corrected chi connectivity index (χ2v) is 9.70. The van der Waals surface area contributed by atoms with Crippen molar-refractivity contribution in [1.29, 1.82) is 0 Å². The van der Waals surface area contributed by atoms with Crippen molar-refractivity contribution in [2.45, 2.75) is 44.0 Å². The van der Waals surface area contributed by atoms with Gasteiger partial charge in [-0.05, 0) is 44.9 Å². The first-order valence-corrected chi connectivity index (χ1v) is 11.0. The minimum absolute atomic E-state index is 0.151. The number of anilines is 2. The summed E-state index contributed by atoms with van der Waals surface area (Å²) in [5, 5.41) is 0.503. The number of thiazole rings is 1. The molecule has 2 aromatic rings. The molecule has 2 atom stereocenters. The lowest BCUT2D eigenvalue weighted by molar-refractivity contribution is 0.564. The van der Waals surface area contributed by atoms with Crippen molar-refractivity contribution in [2.75, 3.05) is 22.7 Å². The minimum atomic E-state index is -3.49. The molecule has 2 saturated heterocycles. The van der Waals surface area contributed by atoms with Crippen molar-refractivity contribution in [3.8, 4) is 0 Å². The van der Waals surface area contributed by atoms with Crippen LogP contribution < -0.4 is 20.5 Å². The molecule has 2 fully saturated rings. The van der Waals surface area contributed by atoms with Gasteiger partial charge in [0, 0.05) is 25.2 Å². The Labute approximate surface area is 151 Å². The third-order valence-electron chi connectivity index (χ3n) is 4.90. The zero-order valence-electron chi connectivity index (χ0n) is 14.3. The largest absolute Gasteiger partial charge is 0.348 e. The lowest BCUT2D eigenvalue weighted by atomic mass is 10.2. The van der Waals surface area contributed by atoms with Gasteiger partial charge in [-0.15, -0.1) is 0 Å². The molecule has 3 heterocycles. The Hall–Kier alpha value is -1.42. The van der Waals surface area contributed by atoms with E-state index in [1.807, 2.05) is 26.0 Å². The number of hydrazine groups is 1. The zero-order chi connectivity index (χ0) is 17.6. The third-order valence-corrected chi connectivity index (χ3v) is 8.03. The average Bonchev–Trinajstić information content (AvgIpc) is 3.26. The van der Waals surface area contributed by atoms with E-state index in [0.717, 1.165) is 28.4 Å². The normalized spacial score (nSPS) is 27.3. The molecule has 25 heavy (non-hydrogen) atoms. The van der Waals surface area contributed by atoms with Gasteiger partial charge in [0.1, 0.15) is 5.25 Å². The number of hydrogen-bond acceptors (Lipinski definition) is 7. The van der Waals surface area contributed by atoms with Crippen LogP contribution in [0, 0.1) is 0 Å². The van der Waals surface area contributed by atoms with Crippen LogP contribution in [0.1, 0.15) is 26.7 Å². The molecule has 2 unspecified atom stereocenters. The van der Waals surface area contributed by atoms with Crippen LogP contribution in [0.3, 0.4) is 0 Å². The second-order valence-electron chi connectivity index (χ2n) is 6.85. The zero-order valence-corrected chi connectivity index (χ0v) is 16.0. The van der Waals surface area contributed by atoms with E-state index in [-0.39, 0.29) is 12.1 Å². The number of nitrogens with one attached hydrogen (secondary N) is 3. The summed E-state index contributed by atoms with van der Waals surface area (Å²) in [6, 6.07) is 5.26. The summed E-state index contributed by atoms with van der Waals surface area (Å²) in [4.78, 5) is 6.98. The highest BCUT2D eigenvalue weighted by molar-refractivity contribution is 7.93. The van der Waals surface area contributed by atoms with Gasteiger partial charge in [-0.25, -0.2) is 13.4 Å². The topological polar surface area (TPSA) is 86.4 Å². The Morgan fingerprint density at radius 1 is 1.20 bits per heavy atom. The summed E-state index contributed by atoms with van der Waals surface area (Å²) < 4.78 is 29.3. The Morgan fingerprint density at radius 2 is 1.88 bits per heavy atom. The van der Waals surface area contributed by atoms with E-state index in [1.54, 1.807) is 17.4 Å². The standard InChI is InChI=1S/C16H23N5O2S2/c1-10-15(11(2)19-18-10)25(22,23)20-12-5-6-13-14(9-12)24-16(17-13)21-7-3-4-8-21/h5-6,9-11,15,18-20H,3-4,7-8H2,1-2H3. The molecule has 2 aliphatic rings. The van der Waals surface area contributed by atoms with E-state index in [4.69, 9.17) is 0 Å². The highest BCUT2D eigenvalue weighted by Gasteiger charge is 2.40. The summed E-state index contributed by atoms with van der Waals surface area (Å²) >= 11 is 1.62. The smallest absolute Gasteiger partial charge is 0.238 e. The molecule has 3 N–H and O–H groups in total. The van der Waals surface area contributed by atoms with Crippen LogP contribution in [-0.2, 0) is 10.0 Å². The highest BCUT2D eigenvalue weighted by atomic mass is 32.2. The first-order valence-electron chi connectivity index (χ1n) is 8.62. The molecule has 0 saturated carbocycles. The van der Waals surface area contributed by atoms with Crippen LogP contribution in [0.2, 0.25) is 0 Å². The number of hydrogen-bond donors (Lipinski definition) is 3. The molecular weight excluding hydrogens is 358 g/mol. The van der Waals surface area contributed by atoms with Crippen LogP contribution in [0.15, 0.2) is 18.2 Å². The third kappa shape index (κ3) is 3.21. The Balaban J connectivity index is 1.59. The monoisotopic (exact) mass is 381 g/mol. The second kappa shape index (κ2) is 6.39. The predicted molar refractivity (Wildman–Crippen MR) is 103 cm³/mol. The Bertz CT molecular complexity index is 866. The molecule has 0 bridgehead atoms. The number of benzene rings is 1. The maximum Gasteiger partial charge on any atom is 0.238 e. The molecule has 0 radical (unpaired) electrons. The molecule has 136 valence electrons. The van der Waals surface area contributed by atoms with Gasteiger partial charge in [-0.2, -0.15) is 0 Å². The first kappa shape index (κ1) is 17.0. The van der Waals surface area contributed by atoms with Crippen LogP contribution in [0.4, 0.5) is 10.8 Å². The van der Waals surface area contributed by atoms with Gasteiger partial charge in [0.25, 0.3) is 0 Å². The van der Waals surface area contributed by atoms with Crippen LogP contribution in [0.25, 0.3) is 10.2 Å². The number of sulfonamides is 1. The number of nitrogens with zero attached hydrogens (tertiary/aromatic N) is 2. The number of fused-ring (bicyclic) bond motifs is 1. The fourth-order valence-electron chi connectivity index (χ4n) is 3.65. The summed E-state index contributed by atoms with van der Waals surface area (Å²) in [6.45, 7) is 5.84.